The molecule has 0 rings (SSSR count). The quantitative estimate of drug-likeness (QED) is 0.382. The molecule has 14 heavy (non-hydrogen) atoms. The van der Waals surface area contributed by atoms with Gasteiger partial charge in [0.2, 0.25) is 0 Å². The molecule has 0 amide bonds. The Morgan fingerprint density at radius 2 is 2.29 bits per heavy atom. The lowest BCUT2D eigenvalue weighted by Crippen LogP contribution is -2.15. The summed E-state index contributed by atoms with van der Waals surface area (Å²) in [5, 5.41) is 8.76. The van der Waals surface area contributed by atoms with Crippen molar-refractivity contribution in [2.75, 3.05) is 18.1 Å². The first-order valence-electron chi connectivity index (χ1n) is 4.65. The first-order chi connectivity index (χ1) is 6.57. The van der Waals surface area contributed by atoms with Gasteiger partial charge in [-0.2, -0.15) is 11.8 Å². The van der Waals surface area contributed by atoms with Crippen LogP contribution in [-0.2, 0) is 4.79 Å². The number of carboxylic acid groups (broad SMARTS) is 1. The summed E-state index contributed by atoms with van der Waals surface area (Å²) in [5.74, 6) is 1.13. The first-order valence-corrected chi connectivity index (χ1v) is 5.80. The van der Waals surface area contributed by atoms with Crippen LogP contribution < -0.4 is 5.73 Å². The second-order valence-corrected chi connectivity index (χ2v) is 4.19. The summed E-state index contributed by atoms with van der Waals surface area (Å²) in [5.41, 5.74) is 5.36. The van der Waals surface area contributed by atoms with Crippen LogP contribution in [0.4, 0.5) is 0 Å². The third kappa shape index (κ3) is 6.77. The predicted octanol–water partition coefficient (Wildman–Crippen LogP) is 1.21. The number of thioether (sulfide) groups is 1. The van der Waals surface area contributed by atoms with E-state index in [0.29, 0.717) is 24.6 Å². The SMILES string of the molecule is CCC(CSCCN=C(C)N)C(=O)O. The fraction of sp³-hybridized carbons (Fsp3) is 0.778. The Labute approximate surface area is 89.0 Å². The third-order valence-electron chi connectivity index (χ3n) is 1.76. The van der Waals surface area contributed by atoms with Crippen molar-refractivity contribution in [3.05, 3.63) is 0 Å². The summed E-state index contributed by atoms with van der Waals surface area (Å²) in [6.45, 7) is 4.31. The molecule has 0 aromatic carbocycles. The molecule has 0 aromatic heterocycles. The predicted molar refractivity (Wildman–Crippen MR) is 60.9 cm³/mol. The van der Waals surface area contributed by atoms with Crippen LogP contribution in [-0.4, -0.2) is 35.0 Å². The molecule has 0 fully saturated rings. The molecule has 0 aromatic rings. The molecule has 0 saturated carbocycles. The van der Waals surface area contributed by atoms with E-state index in [0.717, 1.165) is 5.75 Å². The molecule has 0 bridgehead atoms. The summed E-state index contributed by atoms with van der Waals surface area (Å²) < 4.78 is 0. The lowest BCUT2D eigenvalue weighted by molar-refractivity contribution is -0.140. The van der Waals surface area contributed by atoms with Gasteiger partial charge in [0, 0.05) is 18.1 Å². The van der Waals surface area contributed by atoms with Gasteiger partial charge in [0.1, 0.15) is 0 Å². The highest BCUT2D eigenvalue weighted by molar-refractivity contribution is 7.99. The minimum Gasteiger partial charge on any atom is -0.481 e. The summed E-state index contributed by atoms with van der Waals surface area (Å²) in [6, 6.07) is 0. The number of carboxylic acids is 1. The van der Waals surface area contributed by atoms with Gasteiger partial charge >= 0.3 is 5.97 Å². The lowest BCUT2D eigenvalue weighted by atomic mass is 10.1. The maximum atomic E-state index is 10.6. The standard InChI is InChI=1S/C9H18N2O2S/c1-3-8(9(12)13)6-14-5-4-11-7(2)10/h8H,3-6H2,1-2H3,(H2,10,11)(H,12,13). The number of hydrogen-bond donors (Lipinski definition) is 2. The molecule has 0 aliphatic carbocycles. The van der Waals surface area contributed by atoms with Crippen LogP contribution in [0.3, 0.4) is 0 Å². The third-order valence-corrected chi connectivity index (χ3v) is 2.87. The van der Waals surface area contributed by atoms with E-state index in [9.17, 15) is 4.79 Å². The second-order valence-electron chi connectivity index (χ2n) is 3.04. The van der Waals surface area contributed by atoms with E-state index in [1.54, 1.807) is 18.7 Å². The molecule has 0 saturated heterocycles. The van der Waals surface area contributed by atoms with Crippen molar-refractivity contribution >= 4 is 23.6 Å². The Bertz CT molecular complexity index is 203. The zero-order valence-electron chi connectivity index (χ0n) is 8.69. The van der Waals surface area contributed by atoms with Gasteiger partial charge in [-0.05, 0) is 13.3 Å². The monoisotopic (exact) mass is 218 g/mol. The maximum absolute atomic E-state index is 10.6. The topological polar surface area (TPSA) is 75.7 Å². The number of hydrogen-bond acceptors (Lipinski definition) is 3. The van der Waals surface area contributed by atoms with Gasteiger partial charge in [0.25, 0.3) is 0 Å². The van der Waals surface area contributed by atoms with Crippen LogP contribution >= 0.6 is 11.8 Å². The second kappa shape index (κ2) is 7.67. The van der Waals surface area contributed by atoms with Crippen molar-refractivity contribution < 1.29 is 9.90 Å². The molecule has 82 valence electrons. The average Bonchev–Trinajstić information content (AvgIpc) is 2.10. The average molecular weight is 218 g/mol. The Balaban J connectivity index is 3.52. The number of rotatable bonds is 7. The molecule has 3 N–H and O–H groups in total. The Morgan fingerprint density at radius 3 is 2.71 bits per heavy atom. The van der Waals surface area contributed by atoms with E-state index in [-0.39, 0.29) is 5.92 Å². The minimum absolute atomic E-state index is 0.233. The molecule has 0 spiro atoms. The van der Waals surface area contributed by atoms with Crippen LogP contribution in [0, 0.1) is 5.92 Å². The van der Waals surface area contributed by atoms with E-state index < -0.39 is 5.97 Å². The van der Waals surface area contributed by atoms with Crippen LogP contribution in [0.1, 0.15) is 20.3 Å². The molecule has 1 atom stereocenters. The number of aliphatic imine (C=N–C) groups is 1. The van der Waals surface area contributed by atoms with Crippen molar-refractivity contribution in [1.29, 1.82) is 0 Å². The fourth-order valence-corrected chi connectivity index (χ4v) is 1.93. The number of nitrogens with two attached hydrogens (primary N) is 1. The van der Waals surface area contributed by atoms with Crippen LogP contribution in [0.2, 0.25) is 0 Å². The van der Waals surface area contributed by atoms with E-state index in [1.807, 2.05) is 6.92 Å². The molecule has 4 nitrogen and oxygen atoms in total. The van der Waals surface area contributed by atoms with Crippen LogP contribution in [0.5, 0.6) is 0 Å². The highest BCUT2D eigenvalue weighted by Crippen LogP contribution is 2.12. The first kappa shape index (κ1) is 13.3. The molecule has 0 aliphatic heterocycles. The van der Waals surface area contributed by atoms with Gasteiger partial charge in [-0.15, -0.1) is 0 Å². The zero-order chi connectivity index (χ0) is 11.0. The van der Waals surface area contributed by atoms with E-state index in [1.165, 1.54) is 0 Å². The van der Waals surface area contributed by atoms with Crippen molar-refractivity contribution in [3.63, 3.8) is 0 Å². The molecular formula is C9H18N2O2S. The van der Waals surface area contributed by atoms with Crippen molar-refractivity contribution in [2.24, 2.45) is 16.6 Å². The van der Waals surface area contributed by atoms with E-state index in [4.69, 9.17) is 10.8 Å². The number of aliphatic carboxylic acids is 1. The smallest absolute Gasteiger partial charge is 0.307 e. The van der Waals surface area contributed by atoms with E-state index >= 15 is 0 Å². The summed E-state index contributed by atoms with van der Waals surface area (Å²) in [4.78, 5) is 14.7. The largest absolute Gasteiger partial charge is 0.481 e. The van der Waals surface area contributed by atoms with Crippen LogP contribution in [0.15, 0.2) is 4.99 Å². The molecule has 0 radical (unpaired) electrons. The maximum Gasteiger partial charge on any atom is 0.307 e. The molecule has 5 heteroatoms. The highest BCUT2D eigenvalue weighted by Gasteiger charge is 2.13. The molecule has 1 unspecified atom stereocenters. The Hall–Kier alpha value is -0.710. The molecule has 0 aliphatic rings. The lowest BCUT2D eigenvalue weighted by Gasteiger charge is -2.07. The van der Waals surface area contributed by atoms with Gasteiger partial charge in [-0.3, -0.25) is 9.79 Å². The van der Waals surface area contributed by atoms with Gasteiger partial charge in [0.15, 0.2) is 0 Å². The minimum atomic E-state index is -0.710. The number of nitrogens with zero attached hydrogens (tertiary/aromatic N) is 1. The number of carbonyl (C=O) groups is 1. The van der Waals surface area contributed by atoms with Gasteiger partial charge in [0.05, 0.1) is 11.8 Å². The normalized spacial score (nSPS) is 14.0. The molecule has 0 heterocycles. The summed E-state index contributed by atoms with van der Waals surface area (Å²) >= 11 is 1.61. The number of amidine groups is 1. The Morgan fingerprint density at radius 1 is 1.64 bits per heavy atom. The van der Waals surface area contributed by atoms with Gasteiger partial charge < -0.3 is 10.8 Å². The van der Waals surface area contributed by atoms with Crippen molar-refractivity contribution in [3.8, 4) is 0 Å². The van der Waals surface area contributed by atoms with Crippen molar-refractivity contribution in [2.45, 2.75) is 20.3 Å². The molecular weight excluding hydrogens is 200 g/mol. The summed E-state index contributed by atoms with van der Waals surface area (Å²) in [6.07, 6.45) is 0.682. The van der Waals surface area contributed by atoms with Crippen LogP contribution in [0.25, 0.3) is 0 Å². The van der Waals surface area contributed by atoms with Gasteiger partial charge in [-0.1, -0.05) is 6.92 Å². The zero-order valence-corrected chi connectivity index (χ0v) is 9.51. The van der Waals surface area contributed by atoms with Crippen molar-refractivity contribution in [1.82, 2.24) is 0 Å². The summed E-state index contributed by atoms with van der Waals surface area (Å²) in [7, 11) is 0. The Kier molecular flexibility index (Phi) is 7.28. The van der Waals surface area contributed by atoms with E-state index in [2.05, 4.69) is 4.99 Å². The fourth-order valence-electron chi connectivity index (χ4n) is 0.876. The highest BCUT2D eigenvalue weighted by atomic mass is 32.2. The van der Waals surface area contributed by atoms with Gasteiger partial charge in [-0.25, -0.2) is 0 Å².